The number of nitrogens with one attached hydrogen (secondary N) is 1. The Morgan fingerprint density at radius 2 is 1.73 bits per heavy atom. The molecule has 0 aliphatic carbocycles. The van der Waals surface area contributed by atoms with Crippen molar-refractivity contribution in [2.45, 2.75) is 17.9 Å². The molecule has 2 aromatic carbocycles. The normalized spacial score (nSPS) is 22.7. The predicted octanol–water partition coefficient (Wildman–Crippen LogP) is 2.57. The van der Waals surface area contributed by atoms with Crippen molar-refractivity contribution in [1.29, 1.82) is 0 Å². The Labute approximate surface area is 129 Å². The predicted molar refractivity (Wildman–Crippen MR) is 83.2 cm³/mol. The molecule has 0 spiro atoms. The number of rotatable bonds is 4. The van der Waals surface area contributed by atoms with E-state index in [1.807, 2.05) is 30.3 Å². The first-order valence-corrected chi connectivity index (χ1v) is 7.53. The van der Waals surface area contributed by atoms with Gasteiger partial charge in [-0.25, -0.2) is 4.39 Å². The van der Waals surface area contributed by atoms with Crippen molar-refractivity contribution in [1.82, 2.24) is 5.32 Å². The highest BCUT2D eigenvalue weighted by atomic mass is 19.2. The molecule has 2 aromatic rings. The number of alkyl halides is 1. The van der Waals surface area contributed by atoms with Gasteiger partial charge in [0, 0.05) is 18.7 Å². The second-order valence-corrected chi connectivity index (χ2v) is 5.54. The standard InChI is InChI=1S/C18H20FNO2/c19-18(21,15-9-5-2-6-10-15)17(14-7-3-1-4-8-14)16-13-20-11-12-22-16/h1-10,16-17,20-21H,11-13H2. The molecule has 3 nitrogen and oxygen atoms in total. The van der Waals surface area contributed by atoms with Gasteiger partial charge < -0.3 is 15.2 Å². The van der Waals surface area contributed by atoms with Gasteiger partial charge in [0.2, 0.25) is 5.85 Å². The minimum absolute atomic E-state index is 0.248. The quantitative estimate of drug-likeness (QED) is 0.912. The third kappa shape index (κ3) is 3.04. The Morgan fingerprint density at radius 3 is 2.32 bits per heavy atom. The Hall–Kier alpha value is -1.75. The first-order valence-electron chi connectivity index (χ1n) is 7.53. The number of hydrogen-bond acceptors (Lipinski definition) is 3. The largest absolute Gasteiger partial charge is 0.375 e. The lowest BCUT2D eigenvalue weighted by molar-refractivity contribution is -0.157. The zero-order valence-electron chi connectivity index (χ0n) is 12.3. The van der Waals surface area contributed by atoms with Gasteiger partial charge in [0.15, 0.2) is 0 Å². The Balaban J connectivity index is 2.01. The fraction of sp³-hybridized carbons (Fsp3) is 0.333. The van der Waals surface area contributed by atoms with Crippen molar-refractivity contribution >= 4 is 0 Å². The van der Waals surface area contributed by atoms with Gasteiger partial charge >= 0.3 is 0 Å². The summed E-state index contributed by atoms with van der Waals surface area (Å²) in [5, 5.41) is 13.9. The van der Waals surface area contributed by atoms with Crippen LogP contribution in [-0.4, -0.2) is 30.9 Å². The Morgan fingerprint density at radius 1 is 1.09 bits per heavy atom. The van der Waals surface area contributed by atoms with Crippen LogP contribution < -0.4 is 5.32 Å². The van der Waals surface area contributed by atoms with E-state index >= 15 is 4.39 Å². The van der Waals surface area contributed by atoms with Gasteiger partial charge in [0.25, 0.3) is 0 Å². The number of aliphatic hydroxyl groups is 1. The third-order valence-corrected chi connectivity index (χ3v) is 4.08. The fourth-order valence-corrected chi connectivity index (χ4v) is 2.99. The van der Waals surface area contributed by atoms with Crippen LogP contribution in [0.1, 0.15) is 17.0 Å². The molecule has 22 heavy (non-hydrogen) atoms. The summed E-state index contributed by atoms with van der Waals surface area (Å²) >= 11 is 0. The van der Waals surface area contributed by atoms with Gasteiger partial charge in [-0.3, -0.25) is 0 Å². The molecule has 1 saturated heterocycles. The minimum Gasteiger partial charge on any atom is -0.375 e. The summed E-state index contributed by atoms with van der Waals surface area (Å²) in [6, 6.07) is 17.7. The van der Waals surface area contributed by atoms with Crippen LogP contribution in [0.2, 0.25) is 0 Å². The molecule has 0 bridgehead atoms. The molecule has 116 valence electrons. The molecule has 0 amide bonds. The molecular formula is C18H20FNO2. The van der Waals surface area contributed by atoms with Crippen molar-refractivity contribution < 1.29 is 14.2 Å². The third-order valence-electron chi connectivity index (χ3n) is 4.08. The van der Waals surface area contributed by atoms with Crippen LogP contribution in [0.25, 0.3) is 0 Å². The van der Waals surface area contributed by atoms with E-state index in [2.05, 4.69) is 5.32 Å². The monoisotopic (exact) mass is 301 g/mol. The zero-order valence-corrected chi connectivity index (χ0v) is 12.3. The summed E-state index contributed by atoms with van der Waals surface area (Å²) in [4.78, 5) is 0. The molecule has 0 aromatic heterocycles. The van der Waals surface area contributed by atoms with E-state index in [0.29, 0.717) is 13.2 Å². The van der Waals surface area contributed by atoms with E-state index in [1.165, 1.54) is 0 Å². The lowest BCUT2D eigenvalue weighted by Crippen LogP contribution is -2.47. The van der Waals surface area contributed by atoms with Crippen LogP contribution in [0.3, 0.4) is 0 Å². The van der Waals surface area contributed by atoms with E-state index in [9.17, 15) is 5.11 Å². The van der Waals surface area contributed by atoms with Crippen LogP contribution in [0, 0.1) is 0 Å². The number of ether oxygens (including phenoxy) is 1. The molecular weight excluding hydrogens is 281 g/mol. The first-order chi connectivity index (χ1) is 10.7. The van der Waals surface area contributed by atoms with Crippen molar-refractivity contribution in [2.24, 2.45) is 0 Å². The highest BCUT2D eigenvalue weighted by Gasteiger charge is 2.45. The van der Waals surface area contributed by atoms with E-state index in [4.69, 9.17) is 4.74 Å². The van der Waals surface area contributed by atoms with Crippen molar-refractivity contribution in [3.63, 3.8) is 0 Å². The molecule has 1 heterocycles. The Bertz CT molecular complexity index is 583. The van der Waals surface area contributed by atoms with Gasteiger partial charge in [0.1, 0.15) is 0 Å². The second-order valence-electron chi connectivity index (χ2n) is 5.54. The first kappa shape index (κ1) is 15.2. The van der Waals surface area contributed by atoms with Gasteiger partial charge in [-0.15, -0.1) is 0 Å². The van der Waals surface area contributed by atoms with Gasteiger partial charge in [-0.2, -0.15) is 0 Å². The molecule has 1 fully saturated rings. The smallest absolute Gasteiger partial charge is 0.242 e. The molecule has 3 rings (SSSR count). The van der Waals surface area contributed by atoms with Gasteiger partial charge in [0.05, 0.1) is 18.6 Å². The summed E-state index contributed by atoms with van der Waals surface area (Å²) in [6.45, 7) is 1.77. The average molecular weight is 301 g/mol. The van der Waals surface area contributed by atoms with Crippen LogP contribution in [0.15, 0.2) is 60.7 Å². The van der Waals surface area contributed by atoms with Crippen LogP contribution >= 0.6 is 0 Å². The summed E-state index contributed by atoms with van der Waals surface area (Å²) < 4.78 is 21.1. The Kier molecular flexibility index (Phi) is 4.52. The highest BCUT2D eigenvalue weighted by molar-refractivity contribution is 5.30. The van der Waals surface area contributed by atoms with E-state index < -0.39 is 17.9 Å². The summed E-state index contributed by atoms with van der Waals surface area (Å²) in [7, 11) is 0. The topological polar surface area (TPSA) is 41.5 Å². The van der Waals surface area contributed by atoms with Crippen LogP contribution in [-0.2, 0) is 10.6 Å². The van der Waals surface area contributed by atoms with E-state index in [-0.39, 0.29) is 5.56 Å². The number of morpholine rings is 1. The summed E-state index contributed by atoms with van der Waals surface area (Å²) in [5.41, 5.74) is 0.975. The molecule has 1 aliphatic heterocycles. The number of benzene rings is 2. The van der Waals surface area contributed by atoms with Crippen molar-refractivity contribution in [3.05, 3.63) is 71.8 Å². The highest BCUT2D eigenvalue weighted by Crippen LogP contribution is 2.41. The lowest BCUT2D eigenvalue weighted by atomic mass is 9.82. The lowest BCUT2D eigenvalue weighted by Gasteiger charge is -2.37. The fourth-order valence-electron chi connectivity index (χ4n) is 2.99. The van der Waals surface area contributed by atoms with E-state index in [0.717, 1.165) is 12.1 Å². The molecule has 1 aliphatic rings. The zero-order chi connectivity index (χ0) is 15.4. The second kappa shape index (κ2) is 6.57. The molecule has 4 heteroatoms. The molecule has 2 N–H and O–H groups in total. The molecule has 0 saturated carbocycles. The molecule has 3 atom stereocenters. The number of halogens is 1. The maximum absolute atomic E-state index is 15.4. The van der Waals surface area contributed by atoms with Crippen molar-refractivity contribution in [3.8, 4) is 0 Å². The molecule has 3 unspecified atom stereocenters. The summed E-state index contributed by atoms with van der Waals surface area (Å²) in [5.74, 6) is -3.28. The SMILES string of the molecule is OC(F)(c1ccccc1)C(c1ccccc1)C1CNCCO1. The van der Waals surface area contributed by atoms with Gasteiger partial charge in [-0.1, -0.05) is 60.7 Å². The van der Waals surface area contributed by atoms with Gasteiger partial charge in [-0.05, 0) is 5.56 Å². The maximum atomic E-state index is 15.4. The van der Waals surface area contributed by atoms with Crippen LogP contribution in [0.4, 0.5) is 4.39 Å². The average Bonchev–Trinajstić information content (AvgIpc) is 2.58. The van der Waals surface area contributed by atoms with E-state index in [1.54, 1.807) is 30.3 Å². The van der Waals surface area contributed by atoms with Crippen molar-refractivity contribution in [2.75, 3.05) is 19.7 Å². The minimum atomic E-state index is -2.49. The molecule has 0 radical (unpaired) electrons. The maximum Gasteiger partial charge on any atom is 0.242 e. The summed E-state index contributed by atoms with van der Waals surface area (Å²) in [6.07, 6.45) is -0.425. The van der Waals surface area contributed by atoms with Crippen LogP contribution in [0.5, 0.6) is 0 Å². The number of hydrogen-bond donors (Lipinski definition) is 2.